The van der Waals surface area contributed by atoms with E-state index in [1.165, 1.54) is 17.0 Å². The molecule has 3 heterocycles. The van der Waals surface area contributed by atoms with Crippen LogP contribution >= 0.6 is 0 Å². The van der Waals surface area contributed by atoms with Crippen LogP contribution in [0.1, 0.15) is 86.8 Å². The maximum absolute atomic E-state index is 14.6. The summed E-state index contributed by atoms with van der Waals surface area (Å²) in [6, 6.07) is 10.5. The molecule has 3 aromatic rings. The number of ether oxygens (including phenoxy) is 1. The number of benzene rings is 2. The number of carbonyl (C=O) groups excluding carboxylic acids is 4. The van der Waals surface area contributed by atoms with Crippen molar-refractivity contribution < 1.29 is 28.3 Å². The van der Waals surface area contributed by atoms with Gasteiger partial charge < -0.3 is 30.1 Å². The number of rotatable bonds is 5. The number of amides is 4. The highest BCUT2D eigenvalue weighted by Gasteiger charge is 2.45. The molecule has 0 aliphatic carbocycles. The molecule has 1 fully saturated rings. The van der Waals surface area contributed by atoms with Crippen LogP contribution in [0.15, 0.2) is 54.7 Å². The van der Waals surface area contributed by atoms with E-state index >= 15 is 0 Å². The molecule has 4 amide bonds. The van der Waals surface area contributed by atoms with Gasteiger partial charge in [0.25, 0.3) is 5.91 Å². The highest BCUT2D eigenvalue weighted by atomic mass is 19.1. The molecule has 14 heteroatoms. The second-order valence-corrected chi connectivity index (χ2v) is 15.5. The molecule has 2 aliphatic rings. The molecule has 2 bridgehead atoms. The molecule has 55 heavy (non-hydrogen) atoms. The number of halogens is 1. The summed E-state index contributed by atoms with van der Waals surface area (Å²) in [5.41, 5.74) is 1.51. The highest BCUT2D eigenvalue weighted by molar-refractivity contribution is 6.00. The first-order valence-electron chi connectivity index (χ1n) is 19.6. The van der Waals surface area contributed by atoms with Crippen molar-refractivity contribution in [2.75, 3.05) is 34.2 Å². The van der Waals surface area contributed by atoms with E-state index in [1.807, 2.05) is 63.2 Å². The largest absolute Gasteiger partial charge is 0.486 e. The lowest BCUT2D eigenvalue weighted by Gasteiger charge is -2.34. The summed E-state index contributed by atoms with van der Waals surface area (Å²) >= 11 is 0. The molecule has 2 aliphatic heterocycles. The van der Waals surface area contributed by atoms with Crippen LogP contribution in [0, 0.1) is 11.7 Å². The Morgan fingerprint density at radius 2 is 1.69 bits per heavy atom. The van der Waals surface area contributed by atoms with E-state index in [4.69, 9.17) is 4.74 Å². The molecule has 1 saturated heterocycles. The third-order valence-electron chi connectivity index (χ3n) is 10.5. The molecule has 298 valence electrons. The van der Waals surface area contributed by atoms with Crippen molar-refractivity contribution in [2.45, 2.75) is 109 Å². The number of aryl methyl sites for hydroxylation is 1. The van der Waals surface area contributed by atoms with Crippen molar-refractivity contribution >= 4 is 23.6 Å². The first-order valence-corrected chi connectivity index (χ1v) is 19.6. The predicted molar refractivity (Wildman–Crippen MR) is 206 cm³/mol. The summed E-state index contributed by atoms with van der Waals surface area (Å²) in [6.45, 7) is 5.32. The molecule has 1 aromatic heterocycles. The zero-order valence-corrected chi connectivity index (χ0v) is 32.9. The zero-order valence-electron chi connectivity index (χ0n) is 32.9. The highest BCUT2D eigenvalue weighted by Crippen LogP contribution is 2.27. The van der Waals surface area contributed by atoms with Crippen molar-refractivity contribution in [2.24, 2.45) is 5.92 Å². The van der Waals surface area contributed by atoms with Gasteiger partial charge in [0.15, 0.2) is 0 Å². The van der Waals surface area contributed by atoms with Gasteiger partial charge in [-0.3, -0.25) is 23.9 Å². The predicted octanol–water partition coefficient (Wildman–Crippen LogP) is 4.21. The van der Waals surface area contributed by atoms with Gasteiger partial charge in [-0.1, -0.05) is 75.1 Å². The van der Waals surface area contributed by atoms with Crippen molar-refractivity contribution in [3.05, 3.63) is 77.4 Å². The second-order valence-electron chi connectivity index (χ2n) is 15.5. The smallest absolute Gasteiger partial charge is 0.255 e. The van der Waals surface area contributed by atoms with Crippen molar-refractivity contribution in [1.82, 2.24) is 40.3 Å². The third kappa shape index (κ3) is 11.3. The summed E-state index contributed by atoms with van der Waals surface area (Å²) in [6.07, 6.45) is 8.53. The summed E-state index contributed by atoms with van der Waals surface area (Å²) < 4.78 is 22.2. The van der Waals surface area contributed by atoms with Gasteiger partial charge in [0.05, 0.1) is 11.8 Å². The van der Waals surface area contributed by atoms with Crippen LogP contribution in [0.5, 0.6) is 5.75 Å². The van der Waals surface area contributed by atoms with Gasteiger partial charge in [-0.2, -0.15) is 0 Å². The number of hydrogen-bond donors (Lipinski definition) is 2. The number of fused-ring (bicyclic) bond motifs is 4. The fourth-order valence-corrected chi connectivity index (χ4v) is 7.33. The van der Waals surface area contributed by atoms with E-state index in [0.717, 1.165) is 50.2 Å². The van der Waals surface area contributed by atoms with E-state index in [2.05, 4.69) is 20.9 Å². The molecular weight excluding hydrogens is 704 g/mol. The Morgan fingerprint density at radius 3 is 2.42 bits per heavy atom. The van der Waals surface area contributed by atoms with Crippen LogP contribution in [0.4, 0.5) is 4.39 Å². The molecule has 0 saturated carbocycles. The monoisotopic (exact) mass is 760 g/mol. The molecule has 2 aromatic carbocycles. The van der Waals surface area contributed by atoms with Crippen LogP contribution in [0.2, 0.25) is 0 Å². The van der Waals surface area contributed by atoms with E-state index in [9.17, 15) is 23.6 Å². The standard InChI is InChI=1S/C41H57FN8O5/c1-28(2)21-34-40(53)50-26-32(47(3)4)24-36(50)41(54)48(5)35(22-29-15-11-10-12-16-29)39(52)43-19-13-8-6-7-9-14-20-49-25-31(45-46-49)27-55-37-23-30(42)17-18-33(37)38(51)44-34/h10-12,15-18,23,25,28,32,34-36H,6-9,13-14,19-22,24,26-27H2,1-5H3,(H,43,52)(H,44,51)/t32-,34-,35+,36-/m1/s1. The molecule has 0 unspecified atom stereocenters. The fourth-order valence-electron chi connectivity index (χ4n) is 7.33. The lowest BCUT2D eigenvalue weighted by molar-refractivity contribution is -0.147. The SMILES string of the molecule is CC(C)C[C@H]1NC(=O)c2ccc(F)cc2OCc2cn(nn2)CCCCCCCCNC(=O)[C@H](Cc2ccccc2)N(C)C(=O)[C@H]2C[C@@H](N(C)C)CN2C1=O. The van der Waals surface area contributed by atoms with Crippen LogP contribution in [0.25, 0.3) is 0 Å². The number of nitrogens with one attached hydrogen (secondary N) is 2. The molecule has 5 rings (SSSR count). The van der Waals surface area contributed by atoms with Crippen LogP contribution in [0.3, 0.4) is 0 Å². The number of hydrogen-bond acceptors (Lipinski definition) is 8. The molecule has 2 N–H and O–H groups in total. The second kappa shape index (κ2) is 19.7. The van der Waals surface area contributed by atoms with Gasteiger partial charge in [-0.05, 0) is 63.4 Å². The Balaban J connectivity index is 1.46. The van der Waals surface area contributed by atoms with Gasteiger partial charge in [0, 0.05) is 45.2 Å². The Hall–Kier alpha value is -4.85. The number of nitrogens with zero attached hydrogens (tertiary/aromatic N) is 6. The average Bonchev–Trinajstić information content (AvgIpc) is 3.82. The Bertz CT molecular complexity index is 1750. The molecule has 4 atom stereocenters. The van der Waals surface area contributed by atoms with E-state index in [1.54, 1.807) is 22.8 Å². The summed E-state index contributed by atoms with van der Waals surface area (Å²) in [5.74, 6) is -2.15. The minimum absolute atomic E-state index is 0.00385. The first kappa shape index (κ1) is 41.3. The van der Waals surface area contributed by atoms with Crippen LogP contribution in [-0.2, 0) is 34.0 Å². The van der Waals surface area contributed by atoms with Gasteiger partial charge in [-0.25, -0.2) is 4.39 Å². The zero-order chi connectivity index (χ0) is 39.5. The van der Waals surface area contributed by atoms with Gasteiger partial charge in [0.2, 0.25) is 17.7 Å². The third-order valence-corrected chi connectivity index (χ3v) is 10.5. The maximum Gasteiger partial charge on any atom is 0.255 e. The Kier molecular flexibility index (Phi) is 14.8. The van der Waals surface area contributed by atoms with E-state index in [0.29, 0.717) is 38.0 Å². The fraction of sp³-hybridized carbons (Fsp3) is 0.561. The molecule has 0 spiro atoms. The Morgan fingerprint density at radius 1 is 0.964 bits per heavy atom. The molecular formula is C41H57FN8O5. The van der Waals surface area contributed by atoms with Crippen molar-refractivity contribution in [3.8, 4) is 5.75 Å². The number of aromatic nitrogens is 3. The quantitative estimate of drug-likeness (QED) is 0.394. The number of carbonyl (C=O) groups is 4. The summed E-state index contributed by atoms with van der Waals surface area (Å²) in [7, 11) is 5.45. The maximum atomic E-state index is 14.6. The minimum atomic E-state index is -0.992. The minimum Gasteiger partial charge on any atom is -0.486 e. The number of likely N-dealkylation sites (N-methyl/N-ethyl adjacent to an activating group) is 2. The van der Waals surface area contributed by atoms with E-state index < -0.39 is 35.8 Å². The van der Waals surface area contributed by atoms with E-state index in [-0.39, 0.29) is 48.2 Å². The summed E-state index contributed by atoms with van der Waals surface area (Å²) in [4.78, 5) is 62.0. The van der Waals surface area contributed by atoms with Crippen LogP contribution in [-0.4, -0.2) is 112 Å². The topological polar surface area (TPSA) is 142 Å². The summed E-state index contributed by atoms with van der Waals surface area (Å²) in [5, 5.41) is 14.4. The van der Waals surface area contributed by atoms with Crippen molar-refractivity contribution in [1.29, 1.82) is 0 Å². The lowest BCUT2D eigenvalue weighted by Crippen LogP contribution is -2.57. The Labute approximate surface area is 323 Å². The first-order chi connectivity index (χ1) is 26.4. The molecule has 13 nitrogen and oxygen atoms in total. The molecule has 0 radical (unpaired) electrons. The normalized spacial score (nSPS) is 22.9. The van der Waals surface area contributed by atoms with Crippen molar-refractivity contribution in [3.63, 3.8) is 0 Å². The average molecular weight is 761 g/mol. The lowest BCUT2D eigenvalue weighted by atomic mass is 10.0. The van der Waals surface area contributed by atoms with Gasteiger partial charge in [0.1, 0.15) is 42.0 Å². The van der Waals surface area contributed by atoms with Gasteiger partial charge in [-0.15, -0.1) is 5.10 Å². The van der Waals surface area contributed by atoms with Gasteiger partial charge >= 0.3 is 0 Å². The van der Waals surface area contributed by atoms with Crippen LogP contribution < -0.4 is 15.4 Å².